The van der Waals surface area contributed by atoms with E-state index in [4.69, 9.17) is 4.74 Å². The first-order chi connectivity index (χ1) is 11.8. The molecule has 0 aliphatic rings. The molecule has 0 aromatic heterocycles. The summed E-state index contributed by atoms with van der Waals surface area (Å²) in [4.78, 5) is 12.4. The molecule has 2 aromatic rings. The Hall–Kier alpha value is -2.80. The van der Waals surface area contributed by atoms with Gasteiger partial charge in [0.25, 0.3) is 5.91 Å². The van der Waals surface area contributed by atoms with Crippen molar-refractivity contribution in [1.82, 2.24) is 0 Å². The molecule has 1 amide bonds. The lowest BCUT2D eigenvalue weighted by molar-refractivity contribution is 0.102. The van der Waals surface area contributed by atoms with Gasteiger partial charge in [-0.1, -0.05) is 18.7 Å². The molecular weight excluding hydrogens is 340 g/mol. The standard InChI is InChI=1S/C18H20N2O4S/c1-4-10-24-16-7-5-6-15(12-16)19-18(21)14-8-9-17(13(2)11-14)20-25(3,22)23/h4-9,11-12,20H,1,10H2,2-3H3,(H,19,21). The van der Waals surface area contributed by atoms with Crippen molar-refractivity contribution < 1.29 is 17.9 Å². The van der Waals surface area contributed by atoms with Crippen LogP contribution in [0.1, 0.15) is 15.9 Å². The van der Waals surface area contributed by atoms with Gasteiger partial charge in [0, 0.05) is 17.3 Å². The van der Waals surface area contributed by atoms with Crippen LogP contribution in [0.2, 0.25) is 0 Å². The number of carbonyl (C=O) groups is 1. The molecule has 0 atom stereocenters. The predicted octanol–water partition coefficient (Wildman–Crippen LogP) is 3.18. The summed E-state index contributed by atoms with van der Waals surface area (Å²) in [6.45, 7) is 5.70. The Morgan fingerprint density at radius 1 is 1.24 bits per heavy atom. The fourth-order valence-electron chi connectivity index (χ4n) is 2.14. The molecular formula is C18H20N2O4S. The largest absolute Gasteiger partial charge is 0.489 e. The summed E-state index contributed by atoms with van der Waals surface area (Å²) in [6, 6.07) is 11.8. The third kappa shape index (κ3) is 5.65. The molecule has 0 aliphatic heterocycles. The Labute approximate surface area is 147 Å². The molecule has 2 N–H and O–H groups in total. The third-order valence-electron chi connectivity index (χ3n) is 3.24. The second-order valence-corrected chi connectivity index (χ2v) is 7.23. The van der Waals surface area contributed by atoms with Gasteiger partial charge in [-0.15, -0.1) is 0 Å². The average molecular weight is 360 g/mol. The Balaban J connectivity index is 2.13. The van der Waals surface area contributed by atoms with Gasteiger partial charge in [0.2, 0.25) is 10.0 Å². The molecule has 2 rings (SSSR count). The molecule has 2 aromatic carbocycles. The van der Waals surface area contributed by atoms with E-state index < -0.39 is 10.0 Å². The number of carbonyl (C=O) groups excluding carboxylic acids is 1. The number of nitrogens with one attached hydrogen (secondary N) is 2. The fraction of sp³-hybridized carbons (Fsp3) is 0.167. The number of hydrogen-bond acceptors (Lipinski definition) is 4. The first kappa shape index (κ1) is 18.5. The van der Waals surface area contributed by atoms with Crippen molar-refractivity contribution in [2.24, 2.45) is 0 Å². The zero-order valence-corrected chi connectivity index (χ0v) is 14.9. The van der Waals surface area contributed by atoms with Gasteiger partial charge in [-0.2, -0.15) is 0 Å². The minimum absolute atomic E-state index is 0.296. The van der Waals surface area contributed by atoms with Crippen LogP contribution >= 0.6 is 0 Å². The summed E-state index contributed by atoms with van der Waals surface area (Å²) in [6.07, 6.45) is 2.72. The quantitative estimate of drug-likeness (QED) is 0.743. The number of aryl methyl sites for hydroxylation is 1. The molecule has 0 aliphatic carbocycles. The Morgan fingerprint density at radius 3 is 2.64 bits per heavy atom. The molecule has 25 heavy (non-hydrogen) atoms. The molecule has 0 fully saturated rings. The van der Waals surface area contributed by atoms with E-state index in [9.17, 15) is 13.2 Å². The highest BCUT2D eigenvalue weighted by Crippen LogP contribution is 2.21. The van der Waals surface area contributed by atoms with Crippen LogP contribution in [0.5, 0.6) is 5.75 Å². The van der Waals surface area contributed by atoms with Crippen LogP contribution in [0.15, 0.2) is 55.1 Å². The summed E-state index contributed by atoms with van der Waals surface area (Å²) in [5.41, 5.74) is 2.12. The Morgan fingerprint density at radius 2 is 2.00 bits per heavy atom. The first-order valence-corrected chi connectivity index (χ1v) is 9.41. The van der Waals surface area contributed by atoms with Gasteiger partial charge in [-0.05, 0) is 42.8 Å². The van der Waals surface area contributed by atoms with Gasteiger partial charge in [0.1, 0.15) is 12.4 Å². The Kier molecular flexibility index (Phi) is 5.82. The van der Waals surface area contributed by atoms with E-state index in [1.165, 1.54) is 0 Å². The highest BCUT2D eigenvalue weighted by atomic mass is 32.2. The summed E-state index contributed by atoms with van der Waals surface area (Å²) >= 11 is 0. The fourth-order valence-corrected chi connectivity index (χ4v) is 2.77. The van der Waals surface area contributed by atoms with Crippen LogP contribution < -0.4 is 14.8 Å². The molecule has 0 bridgehead atoms. The number of anilines is 2. The van der Waals surface area contributed by atoms with E-state index in [1.807, 2.05) is 0 Å². The molecule has 7 heteroatoms. The topological polar surface area (TPSA) is 84.5 Å². The number of sulfonamides is 1. The van der Waals surface area contributed by atoms with E-state index in [0.717, 1.165) is 6.26 Å². The molecule has 0 unspecified atom stereocenters. The lowest BCUT2D eigenvalue weighted by atomic mass is 10.1. The van der Waals surface area contributed by atoms with Crippen molar-refractivity contribution >= 4 is 27.3 Å². The highest BCUT2D eigenvalue weighted by Gasteiger charge is 2.10. The lowest BCUT2D eigenvalue weighted by Gasteiger charge is -2.11. The predicted molar refractivity (Wildman–Crippen MR) is 99.7 cm³/mol. The summed E-state index contributed by atoms with van der Waals surface area (Å²) in [7, 11) is -3.37. The van der Waals surface area contributed by atoms with Crippen LogP contribution in [0.4, 0.5) is 11.4 Å². The number of rotatable bonds is 7. The molecule has 0 radical (unpaired) electrons. The molecule has 6 nitrogen and oxygen atoms in total. The van der Waals surface area contributed by atoms with Crippen LogP contribution in [0, 0.1) is 6.92 Å². The van der Waals surface area contributed by atoms with Gasteiger partial charge in [-0.25, -0.2) is 8.42 Å². The van der Waals surface area contributed by atoms with Crippen LogP contribution in [-0.4, -0.2) is 27.2 Å². The average Bonchev–Trinajstić information content (AvgIpc) is 2.54. The zero-order valence-electron chi connectivity index (χ0n) is 14.1. The zero-order chi connectivity index (χ0) is 18.4. The van der Waals surface area contributed by atoms with E-state index in [2.05, 4.69) is 16.6 Å². The van der Waals surface area contributed by atoms with Gasteiger partial charge in [-0.3, -0.25) is 9.52 Å². The second-order valence-electron chi connectivity index (χ2n) is 5.49. The van der Waals surface area contributed by atoms with Crippen LogP contribution in [0.3, 0.4) is 0 Å². The maximum atomic E-state index is 12.4. The summed E-state index contributed by atoms with van der Waals surface area (Å²) in [5.74, 6) is 0.330. The van der Waals surface area contributed by atoms with Gasteiger partial charge in [0.15, 0.2) is 0 Å². The number of hydrogen-bond donors (Lipinski definition) is 2. The van der Waals surface area contributed by atoms with Crippen molar-refractivity contribution in [3.8, 4) is 5.75 Å². The monoisotopic (exact) mass is 360 g/mol. The smallest absolute Gasteiger partial charge is 0.255 e. The van der Waals surface area contributed by atoms with Gasteiger partial charge >= 0.3 is 0 Å². The maximum Gasteiger partial charge on any atom is 0.255 e. The van der Waals surface area contributed by atoms with Crippen molar-refractivity contribution in [3.05, 3.63) is 66.2 Å². The van der Waals surface area contributed by atoms with Crippen molar-refractivity contribution in [3.63, 3.8) is 0 Å². The van der Waals surface area contributed by atoms with E-state index in [1.54, 1.807) is 55.5 Å². The SMILES string of the molecule is C=CCOc1cccc(NC(=O)c2ccc(NS(C)(=O)=O)c(C)c2)c1. The third-order valence-corrected chi connectivity index (χ3v) is 3.83. The molecule has 0 spiro atoms. The normalized spacial score (nSPS) is 10.8. The second kappa shape index (κ2) is 7.85. The van der Waals surface area contributed by atoms with Crippen molar-refractivity contribution in [2.75, 3.05) is 22.9 Å². The van der Waals surface area contributed by atoms with E-state index in [0.29, 0.717) is 34.9 Å². The number of amides is 1. The molecule has 0 saturated carbocycles. The van der Waals surface area contributed by atoms with Crippen LogP contribution in [0.25, 0.3) is 0 Å². The summed E-state index contributed by atoms with van der Waals surface area (Å²) < 4.78 is 30.5. The summed E-state index contributed by atoms with van der Waals surface area (Å²) in [5, 5.41) is 2.79. The van der Waals surface area contributed by atoms with Crippen molar-refractivity contribution in [2.45, 2.75) is 6.92 Å². The Bertz CT molecular complexity index is 892. The molecule has 0 heterocycles. The number of benzene rings is 2. The van der Waals surface area contributed by atoms with E-state index >= 15 is 0 Å². The van der Waals surface area contributed by atoms with Crippen LogP contribution in [-0.2, 0) is 10.0 Å². The molecule has 0 saturated heterocycles. The highest BCUT2D eigenvalue weighted by molar-refractivity contribution is 7.92. The first-order valence-electron chi connectivity index (χ1n) is 7.52. The molecule has 132 valence electrons. The maximum absolute atomic E-state index is 12.4. The lowest BCUT2D eigenvalue weighted by Crippen LogP contribution is -2.14. The minimum Gasteiger partial charge on any atom is -0.489 e. The van der Waals surface area contributed by atoms with Gasteiger partial charge < -0.3 is 10.1 Å². The van der Waals surface area contributed by atoms with E-state index in [-0.39, 0.29) is 5.91 Å². The number of ether oxygens (including phenoxy) is 1. The van der Waals surface area contributed by atoms with Crippen molar-refractivity contribution in [1.29, 1.82) is 0 Å². The van der Waals surface area contributed by atoms with Gasteiger partial charge in [0.05, 0.1) is 11.9 Å². The minimum atomic E-state index is -3.37.